The van der Waals surface area contributed by atoms with Gasteiger partial charge >= 0.3 is 6.03 Å². The minimum atomic E-state index is -3.59. The molecular weight excluding hydrogens is 421 g/mol. The molecule has 0 aliphatic carbocycles. The highest BCUT2D eigenvalue weighted by Crippen LogP contribution is 2.23. The van der Waals surface area contributed by atoms with Crippen LogP contribution in [0.2, 0.25) is 0 Å². The minimum Gasteiger partial charge on any atom is -0.330 e. The summed E-state index contributed by atoms with van der Waals surface area (Å²) in [5.74, 6) is 0.220. The van der Waals surface area contributed by atoms with E-state index in [0.29, 0.717) is 30.1 Å². The second-order valence-electron chi connectivity index (χ2n) is 7.12. The van der Waals surface area contributed by atoms with Crippen molar-refractivity contribution in [2.45, 2.75) is 25.3 Å². The number of imidazole rings is 1. The first-order chi connectivity index (χ1) is 14.7. The summed E-state index contributed by atoms with van der Waals surface area (Å²) in [6, 6.07) is 9.99. The number of carbonyl (C=O) groups excluding carboxylic acids is 1. The Morgan fingerprint density at radius 1 is 1.13 bits per heavy atom. The number of aryl methyl sites for hydroxylation is 1. The van der Waals surface area contributed by atoms with Crippen molar-refractivity contribution in [1.29, 1.82) is 0 Å². The van der Waals surface area contributed by atoms with Crippen molar-refractivity contribution in [2.24, 2.45) is 7.05 Å². The van der Waals surface area contributed by atoms with E-state index in [4.69, 9.17) is 0 Å². The molecule has 0 fully saturated rings. The summed E-state index contributed by atoms with van der Waals surface area (Å²) in [6.45, 7) is 4.57. The monoisotopic (exact) mass is 447 g/mol. The number of carbonyl (C=O) groups is 1. The molecule has 8 nitrogen and oxygen atoms in total. The molecule has 0 bridgehead atoms. The third-order valence-electron chi connectivity index (χ3n) is 5.11. The molecule has 3 aromatic rings. The number of amides is 2. The van der Waals surface area contributed by atoms with Crippen LogP contribution in [0.3, 0.4) is 0 Å². The van der Waals surface area contributed by atoms with Crippen LogP contribution in [0.25, 0.3) is 11.0 Å². The Morgan fingerprint density at radius 3 is 2.39 bits per heavy atom. The fourth-order valence-corrected chi connectivity index (χ4v) is 4.76. The molecular formula is C21H26FN5O3S. The number of urea groups is 1. The number of halogens is 1. The maximum Gasteiger partial charge on any atom is 0.321 e. The normalized spacial score (nSPS) is 11.8. The van der Waals surface area contributed by atoms with E-state index < -0.39 is 10.0 Å². The molecule has 31 heavy (non-hydrogen) atoms. The fraction of sp³-hybridized carbons (Fsp3) is 0.333. The average Bonchev–Trinajstić information content (AvgIpc) is 3.05. The number of hydrogen-bond donors (Lipinski definition) is 1. The summed E-state index contributed by atoms with van der Waals surface area (Å²) in [7, 11) is -0.154. The van der Waals surface area contributed by atoms with Gasteiger partial charge < -0.3 is 14.8 Å². The summed E-state index contributed by atoms with van der Waals surface area (Å²) in [5, 5.41) is 2.70. The van der Waals surface area contributed by atoms with Crippen LogP contribution in [0.1, 0.15) is 19.7 Å². The summed E-state index contributed by atoms with van der Waals surface area (Å²) < 4.78 is 41.8. The number of hydrogen-bond acceptors (Lipinski definition) is 4. The van der Waals surface area contributed by atoms with E-state index in [2.05, 4.69) is 10.3 Å². The molecule has 10 heteroatoms. The smallest absolute Gasteiger partial charge is 0.321 e. The molecule has 0 radical (unpaired) electrons. The Morgan fingerprint density at radius 2 is 1.77 bits per heavy atom. The van der Waals surface area contributed by atoms with Crippen LogP contribution in [-0.4, -0.2) is 53.3 Å². The van der Waals surface area contributed by atoms with Gasteiger partial charge in [-0.2, -0.15) is 4.31 Å². The van der Waals surface area contributed by atoms with Crippen LogP contribution in [-0.2, 0) is 23.6 Å². The molecule has 1 aromatic heterocycles. The Bertz CT molecular complexity index is 1190. The van der Waals surface area contributed by atoms with Gasteiger partial charge in [-0.1, -0.05) is 13.8 Å². The van der Waals surface area contributed by atoms with Gasteiger partial charge in [0, 0.05) is 32.9 Å². The SMILES string of the molecule is CCN(CC)S(=O)(=O)c1ccc2c(c1)nc(CN(C)C(=O)Nc1ccc(F)cc1)n2C. The molecule has 2 aromatic carbocycles. The quantitative estimate of drug-likeness (QED) is 0.601. The van der Waals surface area contributed by atoms with E-state index in [1.165, 1.54) is 33.5 Å². The van der Waals surface area contributed by atoms with E-state index in [-0.39, 0.29) is 23.3 Å². The summed E-state index contributed by atoms with van der Waals surface area (Å²) >= 11 is 0. The van der Waals surface area contributed by atoms with Gasteiger partial charge in [0.05, 0.1) is 22.5 Å². The Hall–Kier alpha value is -2.98. The highest BCUT2D eigenvalue weighted by atomic mass is 32.2. The Labute approximate surface area is 181 Å². The van der Waals surface area contributed by atoms with E-state index in [9.17, 15) is 17.6 Å². The molecule has 1 heterocycles. The van der Waals surface area contributed by atoms with Gasteiger partial charge in [-0.25, -0.2) is 22.6 Å². The number of anilines is 1. The van der Waals surface area contributed by atoms with Crippen molar-refractivity contribution in [1.82, 2.24) is 18.8 Å². The zero-order valence-electron chi connectivity index (χ0n) is 18.0. The number of sulfonamides is 1. The second kappa shape index (κ2) is 9.03. The molecule has 3 rings (SSSR count). The first kappa shape index (κ1) is 22.7. The van der Waals surface area contributed by atoms with E-state index in [1.807, 2.05) is 11.6 Å². The zero-order chi connectivity index (χ0) is 22.8. The van der Waals surface area contributed by atoms with Crippen LogP contribution in [0.5, 0.6) is 0 Å². The summed E-state index contributed by atoms with van der Waals surface area (Å²) in [5.41, 5.74) is 1.79. The van der Waals surface area contributed by atoms with Crippen molar-refractivity contribution >= 4 is 32.8 Å². The van der Waals surface area contributed by atoms with Crippen molar-refractivity contribution in [3.8, 4) is 0 Å². The van der Waals surface area contributed by atoms with Crippen LogP contribution in [0.4, 0.5) is 14.9 Å². The molecule has 0 spiro atoms. The lowest BCUT2D eigenvalue weighted by molar-refractivity contribution is 0.219. The topological polar surface area (TPSA) is 87.5 Å². The van der Waals surface area contributed by atoms with Crippen molar-refractivity contribution in [2.75, 3.05) is 25.5 Å². The summed E-state index contributed by atoms with van der Waals surface area (Å²) in [6.07, 6.45) is 0. The zero-order valence-corrected chi connectivity index (χ0v) is 18.8. The number of rotatable bonds is 7. The highest BCUT2D eigenvalue weighted by Gasteiger charge is 2.23. The number of aromatic nitrogens is 2. The highest BCUT2D eigenvalue weighted by molar-refractivity contribution is 7.89. The lowest BCUT2D eigenvalue weighted by Gasteiger charge is -2.18. The largest absolute Gasteiger partial charge is 0.330 e. The van der Waals surface area contributed by atoms with Gasteiger partial charge in [0.2, 0.25) is 10.0 Å². The number of fused-ring (bicyclic) bond motifs is 1. The van der Waals surface area contributed by atoms with Crippen LogP contribution in [0, 0.1) is 5.82 Å². The molecule has 0 aliphatic rings. The second-order valence-corrected chi connectivity index (χ2v) is 9.06. The van der Waals surface area contributed by atoms with Crippen molar-refractivity contribution < 1.29 is 17.6 Å². The van der Waals surface area contributed by atoms with E-state index >= 15 is 0 Å². The lowest BCUT2D eigenvalue weighted by Crippen LogP contribution is -2.31. The Balaban J connectivity index is 1.82. The number of benzene rings is 2. The minimum absolute atomic E-state index is 0.191. The predicted octanol–water partition coefficient (Wildman–Crippen LogP) is 3.41. The fourth-order valence-electron chi connectivity index (χ4n) is 3.28. The van der Waals surface area contributed by atoms with Crippen LogP contribution < -0.4 is 5.32 Å². The number of nitrogens with one attached hydrogen (secondary N) is 1. The molecule has 0 saturated heterocycles. The van der Waals surface area contributed by atoms with E-state index in [0.717, 1.165) is 5.52 Å². The van der Waals surface area contributed by atoms with Gasteiger partial charge in [0.25, 0.3) is 0 Å². The molecule has 0 unspecified atom stereocenters. The molecule has 0 atom stereocenters. The molecule has 166 valence electrons. The molecule has 0 aliphatic heterocycles. The standard InChI is InChI=1S/C21H26FN5O3S/c1-5-27(6-2)31(29,30)17-11-12-19-18(13-17)24-20(26(19)4)14-25(3)21(28)23-16-9-7-15(22)8-10-16/h7-13H,5-6,14H2,1-4H3,(H,23,28). The summed E-state index contributed by atoms with van der Waals surface area (Å²) in [4.78, 5) is 18.6. The van der Waals surface area contributed by atoms with Gasteiger partial charge in [0.1, 0.15) is 11.6 Å². The van der Waals surface area contributed by atoms with Crippen LogP contribution >= 0.6 is 0 Å². The van der Waals surface area contributed by atoms with Gasteiger partial charge in [-0.15, -0.1) is 0 Å². The van der Waals surface area contributed by atoms with Gasteiger partial charge in [-0.05, 0) is 42.5 Å². The third-order valence-corrected chi connectivity index (χ3v) is 7.15. The third kappa shape index (κ3) is 4.70. The average molecular weight is 448 g/mol. The molecule has 1 N–H and O–H groups in total. The number of nitrogens with zero attached hydrogens (tertiary/aromatic N) is 4. The van der Waals surface area contributed by atoms with Crippen molar-refractivity contribution in [3.63, 3.8) is 0 Å². The maximum atomic E-state index is 13.0. The van der Waals surface area contributed by atoms with E-state index in [1.54, 1.807) is 39.1 Å². The first-order valence-electron chi connectivity index (χ1n) is 9.90. The lowest BCUT2D eigenvalue weighted by atomic mass is 10.3. The van der Waals surface area contributed by atoms with Crippen LogP contribution in [0.15, 0.2) is 47.4 Å². The predicted molar refractivity (Wildman–Crippen MR) is 118 cm³/mol. The maximum absolute atomic E-state index is 13.0. The van der Waals surface area contributed by atoms with Gasteiger partial charge in [0.15, 0.2) is 0 Å². The van der Waals surface area contributed by atoms with Gasteiger partial charge in [-0.3, -0.25) is 0 Å². The molecule has 0 saturated carbocycles. The first-order valence-corrected chi connectivity index (χ1v) is 11.3. The Kier molecular flexibility index (Phi) is 6.61. The van der Waals surface area contributed by atoms with Crippen molar-refractivity contribution in [3.05, 3.63) is 54.1 Å². The molecule has 2 amide bonds.